The van der Waals surface area contributed by atoms with Crippen molar-refractivity contribution in [2.75, 3.05) is 0 Å². The minimum Gasteiger partial charge on any atom is -0.338 e. The summed E-state index contributed by atoms with van der Waals surface area (Å²) >= 11 is 5.66. The van der Waals surface area contributed by atoms with Gasteiger partial charge in [0.05, 0.1) is 11.4 Å². The Hall–Kier alpha value is -1.68. The number of Topliss-reactive ketones (excluding diaryl/α,β-unsaturated/α-hetero) is 1. The molecule has 0 aliphatic carbocycles. The molecule has 2 rings (SSSR count). The molecule has 1 heterocycles. The van der Waals surface area contributed by atoms with Crippen molar-refractivity contribution in [3.05, 3.63) is 52.8 Å². The van der Waals surface area contributed by atoms with Crippen LogP contribution in [0.1, 0.15) is 11.4 Å². The first-order valence-electron chi connectivity index (χ1n) is 5.48. The summed E-state index contributed by atoms with van der Waals surface area (Å²) in [5.74, 6) is 0.0558. The number of imidazole rings is 1. The number of ketones is 1. The molecule has 0 bridgehead atoms. The molecule has 94 valence electrons. The number of nitrogens with zero attached hydrogens (tertiary/aromatic N) is 2. The molecule has 0 saturated heterocycles. The molecule has 1 aromatic heterocycles. The van der Waals surface area contributed by atoms with Gasteiger partial charge in [-0.15, -0.1) is 0 Å². The molecule has 0 aliphatic rings. The van der Waals surface area contributed by atoms with Crippen molar-refractivity contribution < 1.29 is 9.18 Å². The zero-order valence-electron chi connectivity index (χ0n) is 9.86. The van der Waals surface area contributed by atoms with Crippen LogP contribution in [0.15, 0.2) is 30.6 Å². The van der Waals surface area contributed by atoms with Crippen molar-refractivity contribution in [3.8, 4) is 0 Å². The topological polar surface area (TPSA) is 34.9 Å². The van der Waals surface area contributed by atoms with Crippen molar-refractivity contribution in [3.63, 3.8) is 0 Å². The molecular weight excluding hydrogens is 255 g/mol. The average molecular weight is 267 g/mol. The Morgan fingerprint density at radius 2 is 2.22 bits per heavy atom. The maximum Gasteiger partial charge on any atom is 0.145 e. The molecule has 1 aromatic carbocycles. The standard InChI is InChI=1S/C13H12ClFN2O/c1-17-6-5-16-12(17)8-10(18)7-9-3-2-4-11(14)13(9)15/h2-6H,7-8H2,1H3. The highest BCUT2D eigenvalue weighted by atomic mass is 35.5. The van der Waals surface area contributed by atoms with Gasteiger partial charge in [-0.25, -0.2) is 9.37 Å². The van der Waals surface area contributed by atoms with E-state index in [4.69, 9.17) is 11.6 Å². The van der Waals surface area contributed by atoms with Crippen LogP contribution in [0, 0.1) is 5.82 Å². The summed E-state index contributed by atoms with van der Waals surface area (Å²) in [6.45, 7) is 0. The molecule has 18 heavy (non-hydrogen) atoms. The van der Waals surface area contributed by atoms with Crippen molar-refractivity contribution >= 4 is 17.4 Å². The molecule has 0 unspecified atom stereocenters. The number of aryl methyl sites for hydroxylation is 1. The number of hydrogen-bond donors (Lipinski definition) is 0. The third-order valence-corrected chi connectivity index (χ3v) is 2.99. The van der Waals surface area contributed by atoms with Crippen molar-refractivity contribution in [2.45, 2.75) is 12.8 Å². The molecule has 5 heteroatoms. The SMILES string of the molecule is Cn1ccnc1CC(=O)Cc1cccc(Cl)c1F. The Morgan fingerprint density at radius 3 is 2.89 bits per heavy atom. The van der Waals surface area contributed by atoms with Gasteiger partial charge in [-0.3, -0.25) is 4.79 Å². The zero-order valence-corrected chi connectivity index (χ0v) is 10.6. The van der Waals surface area contributed by atoms with Crippen LogP contribution >= 0.6 is 11.6 Å². The lowest BCUT2D eigenvalue weighted by Crippen LogP contribution is -2.11. The van der Waals surface area contributed by atoms with Gasteiger partial charge in [0.1, 0.15) is 17.4 Å². The molecule has 0 aliphatic heterocycles. The predicted molar refractivity (Wildman–Crippen MR) is 67.0 cm³/mol. The Morgan fingerprint density at radius 1 is 1.44 bits per heavy atom. The summed E-state index contributed by atoms with van der Waals surface area (Å²) in [4.78, 5) is 15.9. The quantitative estimate of drug-likeness (QED) is 0.852. The van der Waals surface area contributed by atoms with E-state index >= 15 is 0 Å². The molecule has 0 spiro atoms. The van der Waals surface area contributed by atoms with E-state index in [2.05, 4.69) is 4.98 Å². The lowest BCUT2D eigenvalue weighted by molar-refractivity contribution is -0.118. The summed E-state index contributed by atoms with van der Waals surface area (Å²) in [6.07, 6.45) is 3.61. The van der Waals surface area contributed by atoms with Gasteiger partial charge in [-0.05, 0) is 11.6 Å². The second-order valence-corrected chi connectivity index (χ2v) is 4.47. The van der Waals surface area contributed by atoms with E-state index in [9.17, 15) is 9.18 Å². The van der Waals surface area contributed by atoms with Crippen molar-refractivity contribution in [1.82, 2.24) is 9.55 Å². The Labute approximate surface area is 109 Å². The van der Waals surface area contributed by atoms with E-state index in [0.29, 0.717) is 11.4 Å². The first kappa shape index (κ1) is 12.8. The normalized spacial score (nSPS) is 10.6. The maximum absolute atomic E-state index is 13.6. The third kappa shape index (κ3) is 2.76. The number of hydrogen-bond acceptors (Lipinski definition) is 2. The van der Waals surface area contributed by atoms with E-state index in [1.54, 1.807) is 29.1 Å². The fourth-order valence-electron chi connectivity index (χ4n) is 1.70. The predicted octanol–water partition coefficient (Wildman–Crippen LogP) is 2.57. The second-order valence-electron chi connectivity index (χ2n) is 4.06. The molecule has 0 radical (unpaired) electrons. The summed E-state index contributed by atoms with van der Waals surface area (Å²) in [5, 5.41) is 0.0392. The van der Waals surface area contributed by atoms with Gasteiger partial charge < -0.3 is 4.57 Å². The van der Waals surface area contributed by atoms with E-state index < -0.39 is 5.82 Å². The highest BCUT2D eigenvalue weighted by molar-refractivity contribution is 6.30. The molecule has 0 saturated carbocycles. The number of carbonyl (C=O) groups is 1. The van der Waals surface area contributed by atoms with Crippen LogP contribution in [0.4, 0.5) is 4.39 Å². The van der Waals surface area contributed by atoms with Gasteiger partial charge in [0.15, 0.2) is 0 Å². The van der Waals surface area contributed by atoms with Crippen LogP contribution in [0.3, 0.4) is 0 Å². The molecule has 0 amide bonds. The number of halogens is 2. The van der Waals surface area contributed by atoms with Gasteiger partial charge in [0.2, 0.25) is 0 Å². The fraction of sp³-hybridized carbons (Fsp3) is 0.231. The fourth-order valence-corrected chi connectivity index (χ4v) is 1.90. The smallest absolute Gasteiger partial charge is 0.145 e. The van der Waals surface area contributed by atoms with Crippen LogP contribution in [0.2, 0.25) is 5.02 Å². The molecular formula is C13H12ClFN2O. The van der Waals surface area contributed by atoms with Gasteiger partial charge in [0.25, 0.3) is 0 Å². The molecule has 0 N–H and O–H groups in total. The lowest BCUT2D eigenvalue weighted by atomic mass is 10.1. The molecule has 0 fully saturated rings. The van der Waals surface area contributed by atoms with Crippen LogP contribution < -0.4 is 0 Å². The summed E-state index contributed by atoms with van der Waals surface area (Å²) in [6, 6.07) is 4.66. The van der Waals surface area contributed by atoms with Gasteiger partial charge in [0, 0.05) is 25.9 Å². The summed E-state index contributed by atoms with van der Waals surface area (Å²) in [7, 11) is 1.82. The van der Waals surface area contributed by atoms with Gasteiger partial charge in [-0.2, -0.15) is 0 Å². The Kier molecular flexibility index (Phi) is 3.77. The number of benzene rings is 1. The van der Waals surface area contributed by atoms with Crippen molar-refractivity contribution in [2.24, 2.45) is 7.05 Å². The van der Waals surface area contributed by atoms with Crippen LogP contribution in [-0.4, -0.2) is 15.3 Å². The zero-order chi connectivity index (χ0) is 13.1. The minimum atomic E-state index is -0.521. The molecule has 0 atom stereocenters. The van der Waals surface area contributed by atoms with Crippen LogP contribution in [-0.2, 0) is 24.7 Å². The Balaban J connectivity index is 2.08. The van der Waals surface area contributed by atoms with E-state index in [0.717, 1.165) is 0 Å². The number of aromatic nitrogens is 2. The van der Waals surface area contributed by atoms with Crippen LogP contribution in [0.25, 0.3) is 0 Å². The molecule has 2 aromatic rings. The minimum absolute atomic E-state index is 0.0270. The number of rotatable bonds is 4. The maximum atomic E-state index is 13.6. The molecule has 3 nitrogen and oxygen atoms in total. The van der Waals surface area contributed by atoms with Crippen LogP contribution in [0.5, 0.6) is 0 Å². The monoisotopic (exact) mass is 266 g/mol. The van der Waals surface area contributed by atoms with Gasteiger partial charge in [-0.1, -0.05) is 23.7 Å². The van der Waals surface area contributed by atoms with E-state index in [-0.39, 0.29) is 23.6 Å². The lowest BCUT2D eigenvalue weighted by Gasteiger charge is -2.04. The highest BCUT2D eigenvalue weighted by Gasteiger charge is 2.12. The summed E-state index contributed by atoms with van der Waals surface area (Å²) < 4.78 is 15.4. The number of carbonyl (C=O) groups excluding carboxylic acids is 1. The first-order valence-corrected chi connectivity index (χ1v) is 5.86. The third-order valence-electron chi connectivity index (χ3n) is 2.70. The van der Waals surface area contributed by atoms with Crippen molar-refractivity contribution in [1.29, 1.82) is 0 Å². The largest absolute Gasteiger partial charge is 0.338 e. The summed E-state index contributed by atoms with van der Waals surface area (Å²) in [5.41, 5.74) is 0.321. The van der Waals surface area contributed by atoms with E-state index in [1.807, 2.05) is 7.05 Å². The second kappa shape index (κ2) is 5.31. The van der Waals surface area contributed by atoms with Gasteiger partial charge >= 0.3 is 0 Å². The average Bonchev–Trinajstić information content (AvgIpc) is 2.71. The Bertz CT molecular complexity index is 580. The first-order chi connectivity index (χ1) is 8.58. The van der Waals surface area contributed by atoms with E-state index in [1.165, 1.54) is 6.07 Å². The highest BCUT2D eigenvalue weighted by Crippen LogP contribution is 2.18.